The molecule has 1 amide bonds. The van der Waals surface area contributed by atoms with Gasteiger partial charge in [-0.05, 0) is 36.3 Å². The third-order valence-electron chi connectivity index (χ3n) is 6.06. The molecule has 1 saturated carbocycles. The number of hydrogen-bond acceptors (Lipinski definition) is 2. The Bertz CT molecular complexity index is 635. The van der Waals surface area contributed by atoms with E-state index in [1.54, 1.807) is 0 Å². The molecule has 0 atom stereocenters. The van der Waals surface area contributed by atoms with E-state index in [1.807, 2.05) is 11.9 Å². The van der Waals surface area contributed by atoms with Crippen molar-refractivity contribution in [1.29, 1.82) is 0 Å². The van der Waals surface area contributed by atoms with Gasteiger partial charge < -0.3 is 15.5 Å². The second-order valence-electron chi connectivity index (χ2n) is 8.23. The van der Waals surface area contributed by atoms with E-state index in [-0.39, 0.29) is 5.91 Å². The van der Waals surface area contributed by atoms with Gasteiger partial charge in [0.05, 0.1) is 0 Å². The first kappa shape index (κ1) is 20.7. The molecule has 0 radical (unpaired) electrons. The van der Waals surface area contributed by atoms with E-state index in [4.69, 9.17) is 0 Å². The summed E-state index contributed by atoms with van der Waals surface area (Å²) in [5.74, 6) is 2.10. The first-order valence-corrected chi connectivity index (χ1v) is 11.0. The highest BCUT2D eigenvalue weighted by atomic mass is 16.2. The number of nitrogens with zero attached hydrogens (tertiary/aromatic N) is 2. The highest BCUT2D eigenvalue weighted by Crippen LogP contribution is 2.26. The van der Waals surface area contributed by atoms with Crippen LogP contribution in [-0.4, -0.2) is 36.9 Å². The van der Waals surface area contributed by atoms with Crippen LogP contribution in [0.5, 0.6) is 0 Å². The minimum Gasteiger partial charge on any atom is -0.356 e. The van der Waals surface area contributed by atoms with Crippen LogP contribution < -0.4 is 10.6 Å². The number of nitrogens with one attached hydrogen (secondary N) is 2. The molecule has 0 unspecified atom stereocenters. The summed E-state index contributed by atoms with van der Waals surface area (Å²) >= 11 is 0. The zero-order chi connectivity index (χ0) is 19.6. The molecule has 1 saturated heterocycles. The maximum Gasteiger partial charge on any atom is 0.222 e. The zero-order valence-corrected chi connectivity index (χ0v) is 17.4. The lowest BCUT2D eigenvalue weighted by Gasteiger charge is -2.21. The largest absolute Gasteiger partial charge is 0.356 e. The van der Waals surface area contributed by atoms with Gasteiger partial charge in [-0.15, -0.1) is 0 Å². The van der Waals surface area contributed by atoms with Gasteiger partial charge >= 0.3 is 0 Å². The van der Waals surface area contributed by atoms with Crippen LogP contribution >= 0.6 is 0 Å². The monoisotopic (exact) mass is 384 g/mol. The van der Waals surface area contributed by atoms with Gasteiger partial charge in [0.15, 0.2) is 5.96 Å². The fraction of sp³-hybridized carbons (Fsp3) is 0.652. The second-order valence-corrected chi connectivity index (χ2v) is 8.23. The summed E-state index contributed by atoms with van der Waals surface area (Å²) < 4.78 is 0. The van der Waals surface area contributed by atoms with Crippen molar-refractivity contribution in [3.05, 3.63) is 35.4 Å². The van der Waals surface area contributed by atoms with E-state index in [0.717, 1.165) is 44.5 Å². The molecule has 0 aromatic heterocycles. The minimum atomic E-state index is 0.282. The average Bonchev–Trinajstić information content (AvgIpc) is 3.14. The van der Waals surface area contributed by atoms with Crippen LogP contribution in [0, 0.1) is 5.92 Å². The van der Waals surface area contributed by atoms with Crippen molar-refractivity contribution in [1.82, 2.24) is 15.5 Å². The summed E-state index contributed by atoms with van der Waals surface area (Å²) in [5, 5.41) is 6.84. The SMILES string of the molecule is CN=C(NCCCC1CCCCC1)NCc1ccc(CN2CCCC2=O)cc1. The van der Waals surface area contributed by atoms with Crippen molar-refractivity contribution in [2.24, 2.45) is 10.9 Å². The zero-order valence-electron chi connectivity index (χ0n) is 17.4. The highest BCUT2D eigenvalue weighted by Gasteiger charge is 2.19. The quantitative estimate of drug-likeness (QED) is 0.407. The number of amides is 1. The molecule has 2 fully saturated rings. The van der Waals surface area contributed by atoms with E-state index < -0.39 is 0 Å². The topological polar surface area (TPSA) is 56.7 Å². The second kappa shape index (κ2) is 11.1. The molecule has 2 N–H and O–H groups in total. The van der Waals surface area contributed by atoms with Crippen LogP contribution in [0.25, 0.3) is 0 Å². The van der Waals surface area contributed by atoms with E-state index >= 15 is 0 Å². The van der Waals surface area contributed by atoms with Crippen LogP contribution in [-0.2, 0) is 17.9 Å². The molecule has 1 aromatic carbocycles. The Balaban J connectivity index is 1.34. The highest BCUT2D eigenvalue weighted by molar-refractivity contribution is 5.79. The van der Waals surface area contributed by atoms with Crippen LogP contribution in [0.1, 0.15) is 68.9 Å². The van der Waals surface area contributed by atoms with E-state index in [9.17, 15) is 4.79 Å². The Hall–Kier alpha value is -2.04. The van der Waals surface area contributed by atoms with Gasteiger partial charge in [0.2, 0.25) is 5.91 Å². The van der Waals surface area contributed by atoms with Crippen molar-refractivity contribution < 1.29 is 4.79 Å². The minimum absolute atomic E-state index is 0.282. The van der Waals surface area contributed by atoms with Crippen LogP contribution in [0.15, 0.2) is 29.3 Å². The summed E-state index contributed by atoms with van der Waals surface area (Å²) in [5.41, 5.74) is 2.42. The summed E-state index contributed by atoms with van der Waals surface area (Å²) in [6.45, 7) is 3.37. The first-order valence-electron chi connectivity index (χ1n) is 11.0. The average molecular weight is 385 g/mol. The lowest BCUT2D eigenvalue weighted by atomic mass is 9.86. The number of likely N-dealkylation sites (tertiary alicyclic amines) is 1. The van der Waals surface area contributed by atoms with Crippen molar-refractivity contribution in [2.45, 2.75) is 70.9 Å². The molecule has 28 heavy (non-hydrogen) atoms. The van der Waals surface area contributed by atoms with Crippen molar-refractivity contribution in [3.63, 3.8) is 0 Å². The number of hydrogen-bond donors (Lipinski definition) is 2. The number of aliphatic imine (C=N–C) groups is 1. The molecule has 1 aliphatic heterocycles. The lowest BCUT2D eigenvalue weighted by Crippen LogP contribution is -2.37. The number of guanidine groups is 1. The maximum absolute atomic E-state index is 11.7. The van der Waals surface area contributed by atoms with Gasteiger partial charge in [-0.25, -0.2) is 0 Å². The van der Waals surface area contributed by atoms with Crippen molar-refractivity contribution >= 4 is 11.9 Å². The van der Waals surface area contributed by atoms with Crippen molar-refractivity contribution in [2.75, 3.05) is 20.1 Å². The number of carbonyl (C=O) groups excluding carboxylic acids is 1. The Morgan fingerprint density at radius 2 is 1.82 bits per heavy atom. The molecular weight excluding hydrogens is 348 g/mol. The molecule has 0 bridgehead atoms. The molecular formula is C23H36N4O. The third kappa shape index (κ3) is 6.54. The van der Waals surface area contributed by atoms with Gasteiger partial charge in [0.25, 0.3) is 0 Å². The summed E-state index contributed by atoms with van der Waals surface area (Å²) in [6.07, 6.45) is 11.4. The summed E-state index contributed by atoms with van der Waals surface area (Å²) in [4.78, 5) is 18.0. The molecule has 1 aromatic rings. The summed E-state index contributed by atoms with van der Waals surface area (Å²) in [7, 11) is 1.83. The predicted molar refractivity (Wildman–Crippen MR) is 115 cm³/mol. The molecule has 3 rings (SSSR count). The van der Waals surface area contributed by atoms with Gasteiger partial charge in [-0.2, -0.15) is 0 Å². The van der Waals surface area contributed by atoms with Gasteiger partial charge in [-0.3, -0.25) is 9.79 Å². The molecule has 1 aliphatic carbocycles. The number of rotatable bonds is 8. The smallest absolute Gasteiger partial charge is 0.222 e. The number of benzene rings is 1. The predicted octanol–water partition coefficient (Wildman–Crippen LogP) is 3.83. The molecule has 1 heterocycles. The fourth-order valence-electron chi connectivity index (χ4n) is 4.33. The molecule has 5 nitrogen and oxygen atoms in total. The van der Waals surface area contributed by atoms with Crippen LogP contribution in [0.2, 0.25) is 0 Å². The normalized spacial score (nSPS) is 18.5. The molecule has 154 valence electrons. The third-order valence-corrected chi connectivity index (χ3v) is 6.06. The van der Waals surface area contributed by atoms with Gasteiger partial charge in [-0.1, -0.05) is 56.4 Å². The standard InChI is InChI=1S/C23H36N4O/c1-24-23(25-15-5-9-19-7-3-2-4-8-19)26-17-20-11-13-21(14-12-20)18-27-16-6-10-22(27)28/h11-14,19H,2-10,15-18H2,1H3,(H2,24,25,26). The summed E-state index contributed by atoms with van der Waals surface area (Å²) in [6, 6.07) is 8.53. The van der Waals surface area contributed by atoms with Crippen molar-refractivity contribution in [3.8, 4) is 0 Å². The Morgan fingerprint density at radius 3 is 2.50 bits per heavy atom. The number of carbonyl (C=O) groups is 1. The van der Waals surface area contributed by atoms with Gasteiger partial charge in [0.1, 0.15) is 0 Å². The van der Waals surface area contributed by atoms with E-state index in [1.165, 1.54) is 56.1 Å². The Labute approximate surface area is 170 Å². The van der Waals surface area contributed by atoms with E-state index in [2.05, 4.69) is 39.9 Å². The van der Waals surface area contributed by atoms with Crippen LogP contribution in [0.3, 0.4) is 0 Å². The first-order chi connectivity index (χ1) is 13.7. The Morgan fingerprint density at radius 1 is 1.07 bits per heavy atom. The molecule has 0 spiro atoms. The van der Waals surface area contributed by atoms with E-state index in [0.29, 0.717) is 6.42 Å². The fourth-order valence-corrected chi connectivity index (χ4v) is 4.33. The van der Waals surface area contributed by atoms with Crippen LogP contribution in [0.4, 0.5) is 0 Å². The maximum atomic E-state index is 11.7. The van der Waals surface area contributed by atoms with Gasteiger partial charge in [0, 0.05) is 39.6 Å². The Kier molecular flexibility index (Phi) is 8.19. The molecule has 5 heteroatoms. The molecule has 2 aliphatic rings. The lowest BCUT2D eigenvalue weighted by molar-refractivity contribution is -0.128.